The maximum Gasteiger partial charge on any atom is 0.0577 e. The molecule has 0 aromatic heterocycles. The van der Waals surface area contributed by atoms with E-state index in [1.165, 1.54) is 16.7 Å². The topological polar surface area (TPSA) is 15.3 Å². The first kappa shape index (κ1) is 15.7. The van der Waals surface area contributed by atoms with Gasteiger partial charge in [0.05, 0.1) is 6.04 Å². The van der Waals surface area contributed by atoms with Gasteiger partial charge in [-0.1, -0.05) is 67.1 Å². The SMILES string of the molecule is CCN(C)CCNC(c1ccccc1)c1ccc(C)cc1. The largest absolute Gasteiger partial charge is 0.305 e. The lowest BCUT2D eigenvalue weighted by molar-refractivity contribution is 0.344. The average molecular weight is 282 g/mol. The summed E-state index contributed by atoms with van der Waals surface area (Å²) in [4.78, 5) is 2.32. The van der Waals surface area contributed by atoms with E-state index >= 15 is 0 Å². The molecule has 1 atom stereocenters. The lowest BCUT2D eigenvalue weighted by Crippen LogP contribution is -2.32. The van der Waals surface area contributed by atoms with Crippen LogP contribution in [0, 0.1) is 6.92 Å². The third kappa shape index (κ3) is 4.69. The van der Waals surface area contributed by atoms with Gasteiger partial charge in [-0.2, -0.15) is 0 Å². The maximum atomic E-state index is 3.70. The zero-order chi connectivity index (χ0) is 15.1. The van der Waals surface area contributed by atoms with Gasteiger partial charge in [0.25, 0.3) is 0 Å². The number of likely N-dealkylation sites (N-methyl/N-ethyl adjacent to an activating group) is 1. The van der Waals surface area contributed by atoms with Crippen LogP contribution >= 0.6 is 0 Å². The van der Waals surface area contributed by atoms with Gasteiger partial charge < -0.3 is 10.2 Å². The van der Waals surface area contributed by atoms with Crippen molar-refractivity contribution in [2.75, 3.05) is 26.7 Å². The second-order valence-electron chi connectivity index (χ2n) is 5.60. The van der Waals surface area contributed by atoms with Crippen molar-refractivity contribution in [1.29, 1.82) is 0 Å². The summed E-state index contributed by atoms with van der Waals surface area (Å²) in [5.41, 5.74) is 3.95. The lowest BCUT2D eigenvalue weighted by atomic mass is 9.98. The summed E-state index contributed by atoms with van der Waals surface area (Å²) in [6.07, 6.45) is 0. The third-order valence-electron chi connectivity index (χ3n) is 3.93. The number of aryl methyl sites for hydroxylation is 1. The highest BCUT2D eigenvalue weighted by Gasteiger charge is 2.13. The van der Waals surface area contributed by atoms with E-state index in [-0.39, 0.29) is 6.04 Å². The van der Waals surface area contributed by atoms with Gasteiger partial charge in [0.2, 0.25) is 0 Å². The van der Waals surface area contributed by atoms with E-state index in [0.717, 1.165) is 19.6 Å². The van der Waals surface area contributed by atoms with Crippen LogP contribution in [0.1, 0.15) is 29.7 Å². The molecular formula is C19H26N2. The van der Waals surface area contributed by atoms with E-state index < -0.39 is 0 Å². The molecule has 0 bridgehead atoms. The first-order valence-electron chi connectivity index (χ1n) is 7.74. The Hall–Kier alpha value is -1.64. The number of hydrogen-bond acceptors (Lipinski definition) is 2. The van der Waals surface area contributed by atoms with Gasteiger partial charge >= 0.3 is 0 Å². The van der Waals surface area contributed by atoms with Gasteiger partial charge in [0.1, 0.15) is 0 Å². The minimum Gasteiger partial charge on any atom is -0.305 e. The highest BCUT2D eigenvalue weighted by molar-refractivity contribution is 5.33. The van der Waals surface area contributed by atoms with E-state index in [9.17, 15) is 0 Å². The predicted octanol–water partition coefficient (Wildman–Crippen LogP) is 3.63. The van der Waals surface area contributed by atoms with Crippen molar-refractivity contribution in [2.45, 2.75) is 19.9 Å². The summed E-state index contributed by atoms with van der Waals surface area (Å²) in [5.74, 6) is 0. The van der Waals surface area contributed by atoms with E-state index in [1.807, 2.05) is 0 Å². The summed E-state index contributed by atoms with van der Waals surface area (Å²) in [5, 5.41) is 3.70. The zero-order valence-electron chi connectivity index (χ0n) is 13.3. The Labute approximate surface area is 128 Å². The minimum absolute atomic E-state index is 0.261. The number of hydrogen-bond donors (Lipinski definition) is 1. The molecule has 112 valence electrons. The molecule has 0 aliphatic rings. The monoisotopic (exact) mass is 282 g/mol. The molecule has 0 aliphatic carbocycles. The van der Waals surface area contributed by atoms with Crippen LogP contribution in [0.4, 0.5) is 0 Å². The van der Waals surface area contributed by atoms with Crippen LogP contribution in [-0.4, -0.2) is 31.6 Å². The Morgan fingerprint density at radius 2 is 1.57 bits per heavy atom. The van der Waals surface area contributed by atoms with E-state index in [4.69, 9.17) is 0 Å². The smallest absolute Gasteiger partial charge is 0.0577 e. The Morgan fingerprint density at radius 1 is 0.952 bits per heavy atom. The molecule has 0 radical (unpaired) electrons. The highest BCUT2D eigenvalue weighted by Crippen LogP contribution is 2.22. The lowest BCUT2D eigenvalue weighted by Gasteiger charge is -2.22. The van der Waals surface area contributed by atoms with Gasteiger partial charge in [0.15, 0.2) is 0 Å². The van der Waals surface area contributed by atoms with Crippen molar-refractivity contribution in [3.05, 3.63) is 71.3 Å². The summed E-state index contributed by atoms with van der Waals surface area (Å²) in [6.45, 7) is 7.45. The second-order valence-corrected chi connectivity index (χ2v) is 5.60. The molecule has 2 aromatic rings. The number of nitrogens with one attached hydrogen (secondary N) is 1. The summed E-state index contributed by atoms with van der Waals surface area (Å²) >= 11 is 0. The van der Waals surface area contributed by atoms with E-state index in [0.29, 0.717) is 0 Å². The molecule has 2 nitrogen and oxygen atoms in total. The Morgan fingerprint density at radius 3 is 2.19 bits per heavy atom. The Bertz CT molecular complexity index is 519. The summed E-state index contributed by atoms with van der Waals surface area (Å²) in [6, 6.07) is 19.8. The van der Waals surface area contributed by atoms with Crippen molar-refractivity contribution in [3.8, 4) is 0 Å². The van der Waals surface area contributed by atoms with E-state index in [2.05, 4.69) is 85.7 Å². The normalized spacial score (nSPS) is 12.6. The zero-order valence-corrected chi connectivity index (χ0v) is 13.3. The fourth-order valence-electron chi connectivity index (χ4n) is 2.39. The molecule has 0 saturated carbocycles. The van der Waals surface area contributed by atoms with Crippen molar-refractivity contribution in [2.24, 2.45) is 0 Å². The second kappa shape index (κ2) is 7.96. The van der Waals surface area contributed by atoms with Crippen LogP contribution in [-0.2, 0) is 0 Å². The molecule has 0 amide bonds. The molecule has 0 fully saturated rings. The molecule has 0 saturated heterocycles. The standard InChI is InChI=1S/C19H26N2/c1-4-21(3)15-14-20-19(17-8-6-5-7-9-17)18-12-10-16(2)11-13-18/h5-13,19-20H,4,14-15H2,1-3H3. The van der Waals surface area contributed by atoms with Crippen LogP contribution < -0.4 is 5.32 Å². The number of rotatable bonds is 7. The van der Waals surface area contributed by atoms with Crippen molar-refractivity contribution >= 4 is 0 Å². The number of nitrogens with zero attached hydrogens (tertiary/aromatic N) is 1. The van der Waals surface area contributed by atoms with Gasteiger partial charge in [-0.05, 0) is 31.6 Å². The molecule has 1 N–H and O–H groups in total. The van der Waals surface area contributed by atoms with Crippen molar-refractivity contribution in [1.82, 2.24) is 10.2 Å². The van der Waals surface area contributed by atoms with Crippen LogP contribution in [0.3, 0.4) is 0 Å². The Balaban J connectivity index is 2.13. The summed E-state index contributed by atoms with van der Waals surface area (Å²) in [7, 11) is 2.16. The molecule has 21 heavy (non-hydrogen) atoms. The molecule has 1 unspecified atom stereocenters. The fraction of sp³-hybridized carbons (Fsp3) is 0.368. The molecule has 2 rings (SSSR count). The van der Waals surface area contributed by atoms with Crippen LogP contribution in [0.25, 0.3) is 0 Å². The van der Waals surface area contributed by atoms with Crippen LogP contribution in [0.5, 0.6) is 0 Å². The number of benzene rings is 2. The highest BCUT2D eigenvalue weighted by atomic mass is 15.1. The third-order valence-corrected chi connectivity index (χ3v) is 3.93. The minimum atomic E-state index is 0.261. The van der Waals surface area contributed by atoms with Gasteiger partial charge in [-0.3, -0.25) is 0 Å². The van der Waals surface area contributed by atoms with Gasteiger partial charge in [-0.15, -0.1) is 0 Å². The van der Waals surface area contributed by atoms with Crippen molar-refractivity contribution < 1.29 is 0 Å². The quantitative estimate of drug-likeness (QED) is 0.834. The fourth-order valence-corrected chi connectivity index (χ4v) is 2.39. The molecule has 2 heteroatoms. The van der Waals surface area contributed by atoms with Crippen molar-refractivity contribution in [3.63, 3.8) is 0 Å². The molecular weight excluding hydrogens is 256 g/mol. The molecule has 2 aromatic carbocycles. The van der Waals surface area contributed by atoms with E-state index in [1.54, 1.807) is 0 Å². The average Bonchev–Trinajstić information content (AvgIpc) is 2.53. The first-order chi connectivity index (χ1) is 10.2. The van der Waals surface area contributed by atoms with Gasteiger partial charge in [-0.25, -0.2) is 0 Å². The summed E-state index contributed by atoms with van der Waals surface area (Å²) < 4.78 is 0. The predicted molar refractivity (Wildman–Crippen MR) is 90.6 cm³/mol. The van der Waals surface area contributed by atoms with Crippen LogP contribution in [0.15, 0.2) is 54.6 Å². The maximum absolute atomic E-state index is 3.70. The first-order valence-corrected chi connectivity index (χ1v) is 7.74. The van der Waals surface area contributed by atoms with Crippen LogP contribution in [0.2, 0.25) is 0 Å². The molecule has 0 spiro atoms. The van der Waals surface area contributed by atoms with Gasteiger partial charge in [0, 0.05) is 13.1 Å². The Kier molecular flexibility index (Phi) is 5.97. The molecule has 0 heterocycles. The molecule has 0 aliphatic heterocycles.